The zero-order valence-corrected chi connectivity index (χ0v) is 77.1. The average molecular weight is 1770 g/mol. The van der Waals surface area contributed by atoms with E-state index < -0.39 is 5.41 Å². The molecule has 0 aliphatic heterocycles. The van der Waals surface area contributed by atoms with Crippen molar-refractivity contribution >= 4 is 67.4 Å². The molecule has 0 fully saturated rings. The SMILES string of the molecule is CC1(C)c2ccccc2-c2ccc(Nc3ccc(-c4ccccc4)cc3)cc21.Cc1ccc(Nc2ccc3c(c2)C(c2ccccc2)(c2ccccc2)c2ccccc2-3)cc1.c1ccc(-c2ccc(Nc3ccc4c(c3)-c3ccccc3C4(c3ccccc3)c3ccccc3)cc2)cc1.c1ccc(C2(c3ccccc3)c3ccccc3-c3ccc(Nc4ccc5oc6ccccc6c5c4)cc32)cc1. The van der Waals surface area contributed by atoms with Crippen LogP contribution in [-0.4, -0.2) is 0 Å². The number of hydrogen-bond acceptors (Lipinski definition) is 5. The van der Waals surface area contributed by atoms with Crippen molar-refractivity contribution in [2.24, 2.45) is 0 Å². The van der Waals surface area contributed by atoms with E-state index >= 15 is 0 Å². The minimum absolute atomic E-state index is 0.0286. The summed E-state index contributed by atoms with van der Waals surface area (Å²) in [6.45, 7) is 6.75. The van der Waals surface area contributed by atoms with Crippen molar-refractivity contribution in [2.45, 2.75) is 42.4 Å². The van der Waals surface area contributed by atoms with E-state index in [1.54, 1.807) is 0 Å². The average Bonchev–Trinajstić information content (AvgIpc) is 1.54. The van der Waals surface area contributed by atoms with Gasteiger partial charge in [-0.05, 0) is 261 Å². The molecule has 4 N–H and O–H groups in total. The molecule has 658 valence electrons. The second-order valence-corrected chi connectivity index (χ2v) is 36.9. The number of furan rings is 1. The molecular formula is C133H100N4O. The fourth-order valence-corrected chi connectivity index (χ4v) is 22.2. The van der Waals surface area contributed by atoms with E-state index in [-0.39, 0.29) is 16.2 Å². The molecule has 138 heavy (non-hydrogen) atoms. The van der Waals surface area contributed by atoms with Crippen molar-refractivity contribution in [3.63, 3.8) is 0 Å². The number of hydrogen-bond donors (Lipinski definition) is 4. The minimum atomic E-state index is -0.406. The second kappa shape index (κ2) is 36.2. The monoisotopic (exact) mass is 1770 g/mol. The smallest absolute Gasteiger partial charge is 0.135 e. The van der Waals surface area contributed by atoms with Crippen LogP contribution in [0.4, 0.5) is 45.5 Å². The van der Waals surface area contributed by atoms with Crippen LogP contribution in [0, 0.1) is 6.92 Å². The third kappa shape index (κ3) is 15.2. The zero-order chi connectivity index (χ0) is 92.6. The van der Waals surface area contributed by atoms with Crippen LogP contribution in [0.25, 0.3) is 88.7 Å². The number of nitrogens with one attached hydrogen (secondary N) is 4. The largest absolute Gasteiger partial charge is 0.456 e. The maximum Gasteiger partial charge on any atom is 0.135 e. The Balaban J connectivity index is 0.000000104. The molecule has 4 aliphatic rings. The van der Waals surface area contributed by atoms with Crippen LogP contribution in [-0.2, 0) is 21.7 Å². The van der Waals surface area contributed by atoms with Crippen molar-refractivity contribution in [3.05, 3.63) is 611 Å². The summed E-state index contributed by atoms with van der Waals surface area (Å²) in [7, 11) is 0. The molecule has 21 aromatic carbocycles. The number of benzene rings is 21. The van der Waals surface area contributed by atoms with Crippen molar-refractivity contribution in [3.8, 4) is 66.8 Å². The summed E-state index contributed by atoms with van der Waals surface area (Å²) in [5, 5.41) is 16.8. The van der Waals surface area contributed by atoms with Gasteiger partial charge in [0.1, 0.15) is 11.2 Å². The Morgan fingerprint density at radius 3 is 0.833 bits per heavy atom. The van der Waals surface area contributed by atoms with Gasteiger partial charge in [0.2, 0.25) is 0 Å². The van der Waals surface area contributed by atoms with Crippen LogP contribution in [0.5, 0.6) is 0 Å². The molecule has 1 heterocycles. The van der Waals surface area contributed by atoms with Crippen molar-refractivity contribution in [1.82, 2.24) is 0 Å². The van der Waals surface area contributed by atoms with E-state index in [2.05, 4.69) is 552 Å². The molecule has 0 spiro atoms. The summed E-state index contributed by atoms with van der Waals surface area (Å²) in [6, 6.07) is 189. The Kier molecular flexibility index (Phi) is 22.3. The first-order valence-electron chi connectivity index (χ1n) is 47.7. The zero-order valence-electron chi connectivity index (χ0n) is 77.1. The van der Waals surface area contributed by atoms with Crippen molar-refractivity contribution in [2.75, 3.05) is 21.3 Å². The third-order valence-electron chi connectivity index (χ3n) is 28.5. The summed E-state index contributed by atoms with van der Waals surface area (Å²) in [4.78, 5) is 0. The van der Waals surface area contributed by atoms with E-state index in [0.29, 0.717) is 0 Å². The molecule has 4 aliphatic carbocycles. The highest BCUT2D eigenvalue weighted by molar-refractivity contribution is 6.06. The van der Waals surface area contributed by atoms with E-state index in [1.807, 2.05) is 18.2 Å². The Bertz CT molecular complexity index is 8050. The molecule has 0 unspecified atom stereocenters. The Morgan fingerprint density at radius 2 is 0.420 bits per heavy atom. The first-order chi connectivity index (χ1) is 68.0. The quantitative estimate of drug-likeness (QED) is 0.0777. The van der Waals surface area contributed by atoms with E-state index in [0.717, 1.165) is 67.4 Å². The lowest BCUT2D eigenvalue weighted by molar-refractivity contribution is 0.660. The van der Waals surface area contributed by atoms with E-state index in [4.69, 9.17) is 4.42 Å². The molecule has 22 aromatic rings. The Hall–Kier alpha value is -17.4. The standard InChI is InChI=1S/C37H25NO.C37H27N.C32H25N.C27H23N/c1-3-11-25(12-4-1)37(26-13-5-2-6-14-26)33-17-9-7-15-29(33)30-21-19-28(24-34(30)37)38-27-20-22-36-32(23-27)31-16-8-10-18-35(31)39-36;1-4-12-27(13-5-1)28-20-22-31(23-21-28)38-32-24-25-36-34(26-32)33-18-10-11-19-35(33)37(36,29-14-6-2-7-15-29)30-16-8-3-9-17-30;1-23-16-18-26(19-17-23)33-27-20-21-29-28-14-8-9-15-30(28)32(31(29)22-27,24-10-4-2-5-11-24)25-12-6-3-7-13-25;1-27(2)25-11-7-6-10-23(25)24-17-16-22(18-26(24)27)28-21-14-12-20(13-15-21)19-8-4-3-5-9-19/h1-24,38H;1-26,38H;2-22,33H,1H3;3-18,28H,1-2H3. The fourth-order valence-electron chi connectivity index (χ4n) is 22.2. The summed E-state index contributed by atoms with van der Waals surface area (Å²) in [6.07, 6.45) is 0. The summed E-state index contributed by atoms with van der Waals surface area (Å²) < 4.78 is 6.05. The van der Waals surface area contributed by atoms with Crippen molar-refractivity contribution in [1.29, 1.82) is 0 Å². The van der Waals surface area contributed by atoms with Crippen molar-refractivity contribution < 1.29 is 4.42 Å². The number of fused-ring (bicyclic) bond motifs is 15. The molecule has 26 rings (SSSR count). The molecule has 5 heteroatoms. The van der Waals surface area contributed by atoms with Gasteiger partial charge in [-0.3, -0.25) is 0 Å². The maximum atomic E-state index is 6.05. The highest BCUT2D eigenvalue weighted by Gasteiger charge is 2.49. The molecule has 0 radical (unpaired) electrons. The highest BCUT2D eigenvalue weighted by atomic mass is 16.3. The number of aryl methyl sites for hydroxylation is 1. The Morgan fingerprint density at radius 1 is 0.167 bits per heavy atom. The lowest BCUT2D eigenvalue weighted by Gasteiger charge is -2.34. The molecule has 0 atom stereocenters. The fraction of sp³-hybridized carbons (Fsp3) is 0.0526. The molecule has 0 bridgehead atoms. The van der Waals surface area contributed by atoms with E-state index in [1.165, 1.54) is 150 Å². The van der Waals surface area contributed by atoms with Crippen LogP contribution >= 0.6 is 0 Å². The van der Waals surface area contributed by atoms with Crippen LogP contribution < -0.4 is 21.3 Å². The van der Waals surface area contributed by atoms with Crippen LogP contribution in [0.3, 0.4) is 0 Å². The normalized spacial score (nSPS) is 13.3. The summed E-state index contributed by atoms with van der Waals surface area (Å²) >= 11 is 0. The molecule has 0 saturated carbocycles. The van der Waals surface area contributed by atoms with Gasteiger partial charge in [-0.15, -0.1) is 0 Å². The van der Waals surface area contributed by atoms with Crippen LogP contribution in [0.1, 0.15) is 97.3 Å². The molecular weight excluding hydrogens is 1670 g/mol. The highest BCUT2D eigenvalue weighted by Crippen LogP contribution is 2.61. The van der Waals surface area contributed by atoms with Gasteiger partial charge in [0, 0.05) is 61.7 Å². The summed E-state index contributed by atoms with van der Waals surface area (Å²) in [5.74, 6) is 0. The predicted octanol–water partition coefficient (Wildman–Crippen LogP) is 34.7. The number of anilines is 8. The summed E-state index contributed by atoms with van der Waals surface area (Å²) in [5.41, 5.74) is 44.5. The first-order valence-corrected chi connectivity index (χ1v) is 47.7. The van der Waals surface area contributed by atoms with Gasteiger partial charge >= 0.3 is 0 Å². The van der Waals surface area contributed by atoms with Gasteiger partial charge in [-0.25, -0.2) is 0 Å². The molecule has 0 saturated heterocycles. The second-order valence-electron chi connectivity index (χ2n) is 36.9. The van der Waals surface area contributed by atoms with Gasteiger partial charge in [-0.1, -0.05) is 438 Å². The first kappa shape index (κ1) is 84.9. The lowest BCUT2D eigenvalue weighted by atomic mass is 9.67. The topological polar surface area (TPSA) is 61.3 Å². The third-order valence-corrected chi connectivity index (χ3v) is 28.5. The van der Waals surface area contributed by atoms with Gasteiger partial charge in [0.15, 0.2) is 0 Å². The van der Waals surface area contributed by atoms with E-state index in [9.17, 15) is 0 Å². The molecule has 5 nitrogen and oxygen atoms in total. The minimum Gasteiger partial charge on any atom is -0.456 e. The van der Waals surface area contributed by atoms with Gasteiger partial charge in [0.25, 0.3) is 0 Å². The maximum absolute atomic E-state index is 6.05. The van der Waals surface area contributed by atoms with Gasteiger partial charge < -0.3 is 25.7 Å². The Labute approximate surface area is 807 Å². The molecule has 1 aromatic heterocycles. The lowest BCUT2D eigenvalue weighted by Crippen LogP contribution is -2.28. The predicted molar refractivity (Wildman–Crippen MR) is 577 cm³/mol. The number of rotatable bonds is 16. The van der Waals surface area contributed by atoms with Crippen LogP contribution in [0.2, 0.25) is 0 Å². The number of para-hydroxylation sites is 1. The molecule has 0 amide bonds. The van der Waals surface area contributed by atoms with Crippen LogP contribution in [0.15, 0.2) is 532 Å². The van der Waals surface area contributed by atoms with Gasteiger partial charge in [0.05, 0.1) is 16.2 Å². The van der Waals surface area contributed by atoms with Gasteiger partial charge in [-0.2, -0.15) is 0 Å².